The molecule has 31 heavy (non-hydrogen) atoms. The van der Waals surface area contributed by atoms with Gasteiger partial charge < -0.3 is 9.64 Å². The van der Waals surface area contributed by atoms with E-state index in [2.05, 4.69) is 0 Å². The van der Waals surface area contributed by atoms with E-state index in [4.69, 9.17) is 16.3 Å². The van der Waals surface area contributed by atoms with Crippen LogP contribution in [0.5, 0.6) is 5.75 Å². The topological polar surface area (TPSA) is 63.7 Å². The van der Waals surface area contributed by atoms with Crippen molar-refractivity contribution in [2.45, 2.75) is 64.7 Å². The highest BCUT2D eigenvalue weighted by molar-refractivity contribution is 7.90. The molecule has 0 aliphatic rings. The number of benzene rings is 2. The number of amides is 1. The molecule has 2 rings (SSSR count). The van der Waals surface area contributed by atoms with Crippen LogP contribution in [-0.4, -0.2) is 27.5 Å². The van der Waals surface area contributed by atoms with Crippen LogP contribution in [0.15, 0.2) is 41.3 Å². The Hall–Kier alpha value is -2.05. The number of aryl methyl sites for hydroxylation is 1. The van der Waals surface area contributed by atoms with E-state index in [0.717, 1.165) is 5.56 Å². The number of hydrogen-bond acceptors (Lipinski definition) is 4. The number of carbonyl (C=O) groups is 1. The highest BCUT2D eigenvalue weighted by Gasteiger charge is 2.35. The molecular formula is C24H32ClNO4S. The standard InChI is InChI=1S/C24H32ClNO4S/c1-8-24(5,6)23(27)26(16(2)3)22-17(4)13-18(14-21(22)30-7)15-31(28,29)20-11-9-19(25)10-12-20/h9-14,16H,8,15H2,1-7H3. The molecule has 0 saturated carbocycles. The van der Waals surface area contributed by atoms with Gasteiger partial charge in [0.2, 0.25) is 5.91 Å². The number of carbonyl (C=O) groups excluding carboxylic acids is 1. The van der Waals surface area contributed by atoms with Crippen LogP contribution < -0.4 is 9.64 Å². The lowest BCUT2D eigenvalue weighted by atomic mass is 9.87. The van der Waals surface area contributed by atoms with Gasteiger partial charge in [0, 0.05) is 16.5 Å². The van der Waals surface area contributed by atoms with Gasteiger partial charge in [0.15, 0.2) is 9.84 Å². The lowest BCUT2D eigenvalue weighted by Crippen LogP contribution is -2.45. The molecule has 5 nitrogen and oxygen atoms in total. The number of methoxy groups -OCH3 is 1. The quantitative estimate of drug-likeness (QED) is 0.493. The maximum atomic E-state index is 13.3. The first kappa shape index (κ1) is 25.2. The van der Waals surface area contributed by atoms with Crippen molar-refractivity contribution in [2.75, 3.05) is 12.0 Å². The number of anilines is 1. The molecule has 1 amide bonds. The molecule has 0 bridgehead atoms. The number of halogens is 1. The number of hydrogen-bond donors (Lipinski definition) is 0. The molecule has 170 valence electrons. The molecule has 0 aromatic heterocycles. The zero-order valence-electron chi connectivity index (χ0n) is 19.3. The van der Waals surface area contributed by atoms with Crippen LogP contribution in [-0.2, 0) is 20.4 Å². The molecule has 0 unspecified atom stereocenters. The van der Waals surface area contributed by atoms with Gasteiger partial charge in [-0.1, -0.05) is 38.4 Å². The summed E-state index contributed by atoms with van der Waals surface area (Å²) in [6.07, 6.45) is 0.702. The van der Waals surface area contributed by atoms with E-state index < -0.39 is 15.3 Å². The van der Waals surface area contributed by atoms with Crippen LogP contribution in [0.1, 0.15) is 52.2 Å². The van der Waals surface area contributed by atoms with Crippen LogP contribution in [0, 0.1) is 12.3 Å². The fraction of sp³-hybridized carbons (Fsp3) is 0.458. The molecule has 0 aliphatic carbocycles. The van der Waals surface area contributed by atoms with Gasteiger partial charge >= 0.3 is 0 Å². The van der Waals surface area contributed by atoms with Gasteiger partial charge in [0.25, 0.3) is 0 Å². The summed E-state index contributed by atoms with van der Waals surface area (Å²) >= 11 is 5.88. The first-order valence-electron chi connectivity index (χ1n) is 10.3. The molecule has 0 fully saturated rings. The van der Waals surface area contributed by atoms with Crippen molar-refractivity contribution in [1.29, 1.82) is 0 Å². The monoisotopic (exact) mass is 465 g/mol. The Kier molecular flexibility index (Phi) is 7.82. The maximum absolute atomic E-state index is 13.3. The Morgan fingerprint density at radius 2 is 1.74 bits per heavy atom. The molecule has 2 aromatic rings. The largest absolute Gasteiger partial charge is 0.495 e. The highest BCUT2D eigenvalue weighted by atomic mass is 35.5. The SMILES string of the molecule is CCC(C)(C)C(=O)N(c1c(C)cc(CS(=O)(=O)c2ccc(Cl)cc2)cc1OC)C(C)C. The van der Waals surface area contributed by atoms with Crippen LogP contribution >= 0.6 is 11.6 Å². The first-order chi connectivity index (χ1) is 14.3. The van der Waals surface area contributed by atoms with E-state index in [-0.39, 0.29) is 22.6 Å². The second-order valence-electron chi connectivity index (χ2n) is 8.68. The van der Waals surface area contributed by atoms with Crippen LogP contribution in [0.3, 0.4) is 0 Å². The maximum Gasteiger partial charge on any atom is 0.232 e. The van der Waals surface area contributed by atoms with Crippen molar-refractivity contribution in [3.63, 3.8) is 0 Å². The van der Waals surface area contributed by atoms with Crippen molar-refractivity contribution in [3.8, 4) is 5.75 Å². The summed E-state index contributed by atoms with van der Waals surface area (Å²) in [6, 6.07) is 9.56. The number of sulfone groups is 1. The Morgan fingerprint density at radius 3 is 2.23 bits per heavy atom. The number of rotatable bonds is 8. The molecule has 0 atom stereocenters. The third kappa shape index (κ3) is 5.60. The summed E-state index contributed by atoms with van der Waals surface area (Å²) in [6.45, 7) is 11.6. The molecule has 0 aliphatic heterocycles. The van der Waals surface area contributed by atoms with Crippen molar-refractivity contribution in [3.05, 3.63) is 52.5 Å². The Labute approximate surface area is 191 Å². The zero-order valence-corrected chi connectivity index (χ0v) is 20.9. The van der Waals surface area contributed by atoms with Gasteiger partial charge in [-0.25, -0.2) is 8.42 Å². The first-order valence-corrected chi connectivity index (χ1v) is 12.4. The Bertz CT molecular complexity index is 1040. The third-order valence-electron chi connectivity index (χ3n) is 5.51. The number of ether oxygens (including phenoxy) is 1. The fourth-order valence-corrected chi connectivity index (χ4v) is 4.83. The summed E-state index contributed by atoms with van der Waals surface area (Å²) in [4.78, 5) is 15.3. The summed E-state index contributed by atoms with van der Waals surface area (Å²) < 4.78 is 31.4. The van der Waals surface area contributed by atoms with Crippen molar-refractivity contribution in [2.24, 2.45) is 5.41 Å². The van der Waals surface area contributed by atoms with Gasteiger partial charge in [-0.15, -0.1) is 0 Å². The van der Waals surface area contributed by atoms with Crippen molar-refractivity contribution in [1.82, 2.24) is 0 Å². The highest BCUT2D eigenvalue weighted by Crippen LogP contribution is 2.38. The van der Waals surface area contributed by atoms with Crippen LogP contribution in [0.4, 0.5) is 5.69 Å². The van der Waals surface area contributed by atoms with Crippen LogP contribution in [0.2, 0.25) is 5.02 Å². The Balaban J connectivity index is 2.52. The molecule has 2 aromatic carbocycles. The molecule has 7 heteroatoms. The van der Waals surface area contributed by atoms with E-state index in [1.54, 1.807) is 23.1 Å². The zero-order chi connectivity index (χ0) is 23.6. The molecule has 0 radical (unpaired) electrons. The summed E-state index contributed by atoms with van der Waals surface area (Å²) in [5.74, 6) is 0.311. The van der Waals surface area contributed by atoms with Gasteiger partial charge in [0.1, 0.15) is 5.75 Å². The lowest BCUT2D eigenvalue weighted by Gasteiger charge is -2.36. The molecule has 0 heterocycles. The predicted octanol–water partition coefficient (Wildman–Crippen LogP) is 5.81. The van der Waals surface area contributed by atoms with E-state index in [0.29, 0.717) is 28.4 Å². The summed E-state index contributed by atoms with van der Waals surface area (Å²) in [5.41, 5.74) is 1.53. The number of nitrogens with zero attached hydrogens (tertiary/aromatic N) is 1. The minimum atomic E-state index is -3.56. The third-order valence-corrected chi connectivity index (χ3v) is 7.47. The van der Waals surface area contributed by atoms with E-state index in [1.807, 2.05) is 47.6 Å². The normalized spacial score (nSPS) is 12.2. The average Bonchev–Trinajstić information content (AvgIpc) is 2.69. The van der Waals surface area contributed by atoms with Crippen LogP contribution in [0.25, 0.3) is 0 Å². The summed E-state index contributed by atoms with van der Waals surface area (Å²) in [7, 11) is -2.03. The average molecular weight is 466 g/mol. The van der Waals surface area contributed by atoms with Gasteiger partial charge in [0.05, 0.1) is 23.4 Å². The molecule has 0 spiro atoms. The van der Waals surface area contributed by atoms with Crippen molar-refractivity contribution >= 4 is 33.0 Å². The minimum absolute atomic E-state index is 0.00735. The van der Waals surface area contributed by atoms with Crippen molar-refractivity contribution < 1.29 is 17.9 Å². The van der Waals surface area contributed by atoms with Gasteiger partial charge in [-0.3, -0.25) is 4.79 Å². The lowest BCUT2D eigenvalue weighted by molar-refractivity contribution is -0.127. The summed E-state index contributed by atoms with van der Waals surface area (Å²) in [5, 5.41) is 0.481. The second-order valence-corrected chi connectivity index (χ2v) is 11.1. The molecule has 0 saturated heterocycles. The van der Waals surface area contributed by atoms with E-state index >= 15 is 0 Å². The molecular weight excluding hydrogens is 434 g/mol. The van der Waals surface area contributed by atoms with E-state index in [1.165, 1.54) is 19.2 Å². The second kappa shape index (κ2) is 9.61. The Morgan fingerprint density at radius 1 is 1.16 bits per heavy atom. The van der Waals surface area contributed by atoms with Gasteiger partial charge in [-0.05, 0) is 68.7 Å². The minimum Gasteiger partial charge on any atom is -0.495 e. The van der Waals surface area contributed by atoms with Gasteiger partial charge in [-0.2, -0.15) is 0 Å². The fourth-order valence-electron chi connectivity index (χ4n) is 3.38. The predicted molar refractivity (Wildman–Crippen MR) is 127 cm³/mol. The smallest absolute Gasteiger partial charge is 0.232 e. The van der Waals surface area contributed by atoms with E-state index in [9.17, 15) is 13.2 Å². The molecule has 0 N–H and O–H groups in total.